The number of aromatic nitrogens is 1. The van der Waals surface area contributed by atoms with Crippen molar-refractivity contribution >= 4 is 28.5 Å². The molecular weight excluding hydrogens is 402 g/mol. The van der Waals surface area contributed by atoms with Gasteiger partial charge in [0.2, 0.25) is 5.88 Å². The number of nitriles is 1. The van der Waals surface area contributed by atoms with E-state index in [1.54, 1.807) is 27.7 Å². The molecule has 156 valence electrons. The summed E-state index contributed by atoms with van der Waals surface area (Å²) in [4.78, 5) is 17.6. The Morgan fingerprint density at radius 3 is 2.47 bits per heavy atom. The highest BCUT2D eigenvalue weighted by atomic mass is 35.5. The lowest BCUT2D eigenvalue weighted by Crippen LogP contribution is -2.30. The lowest BCUT2D eigenvalue weighted by molar-refractivity contribution is -0.150. The van der Waals surface area contributed by atoms with Gasteiger partial charge in [-0.2, -0.15) is 5.26 Å². The van der Waals surface area contributed by atoms with Crippen LogP contribution in [-0.4, -0.2) is 16.6 Å². The van der Waals surface area contributed by atoms with E-state index in [-0.39, 0.29) is 27.9 Å². The molecule has 2 aromatic rings. The monoisotopic (exact) mass is 425 g/mol. The summed E-state index contributed by atoms with van der Waals surface area (Å²) in [7, 11) is 0. The van der Waals surface area contributed by atoms with Gasteiger partial charge in [-0.05, 0) is 70.9 Å². The molecule has 0 spiro atoms. The molecule has 2 heterocycles. The number of esters is 1. The Morgan fingerprint density at radius 2 is 1.87 bits per heavy atom. The molecule has 0 aliphatic carbocycles. The Bertz CT molecular complexity index is 1170. The Kier molecular flexibility index (Phi) is 5.53. The molecule has 0 saturated carbocycles. The molecule has 0 fully saturated rings. The maximum absolute atomic E-state index is 13.1. The average molecular weight is 426 g/mol. The van der Waals surface area contributed by atoms with Crippen LogP contribution in [0.15, 0.2) is 41.0 Å². The fraction of sp³-hybridized carbons (Fsp3) is 0.348. The first kappa shape index (κ1) is 21.7. The van der Waals surface area contributed by atoms with Gasteiger partial charge in [-0.1, -0.05) is 11.6 Å². The first-order chi connectivity index (χ1) is 13.9. The molecule has 2 N–H and O–H groups in total. The first-order valence-corrected chi connectivity index (χ1v) is 9.90. The number of pyridine rings is 1. The number of rotatable bonds is 2. The summed E-state index contributed by atoms with van der Waals surface area (Å²) in [5, 5.41) is 10.8. The molecule has 0 unspecified atom stereocenters. The van der Waals surface area contributed by atoms with Crippen molar-refractivity contribution in [2.24, 2.45) is 5.73 Å². The van der Waals surface area contributed by atoms with Gasteiger partial charge in [-0.3, -0.25) is 0 Å². The van der Waals surface area contributed by atoms with Crippen LogP contribution >= 0.6 is 11.6 Å². The van der Waals surface area contributed by atoms with Crippen molar-refractivity contribution in [1.82, 2.24) is 4.98 Å². The number of carbonyl (C=O) groups excluding carboxylic acids is 1. The van der Waals surface area contributed by atoms with Gasteiger partial charge in [0.15, 0.2) is 0 Å². The summed E-state index contributed by atoms with van der Waals surface area (Å²) in [6.07, 6.45) is 0. The SMILES string of the molecule is CC1=C(C(=O)OC(C)(C)C)[C@@H](c2cc3cc(C)c(C)cc3nc2Cl)C(C#N)=C(N)O1. The predicted molar refractivity (Wildman–Crippen MR) is 115 cm³/mol. The number of nitrogens with zero attached hydrogens (tertiary/aromatic N) is 2. The Labute approximate surface area is 180 Å². The van der Waals surface area contributed by atoms with Gasteiger partial charge in [-0.25, -0.2) is 9.78 Å². The number of carbonyl (C=O) groups is 1. The Morgan fingerprint density at radius 1 is 1.23 bits per heavy atom. The normalized spacial score (nSPS) is 17.1. The molecule has 30 heavy (non-hydrogen) atoms. The van der Waals surface area contributed by atoms with Crippen LogP contribution in [0.1, 0.15) is 50.3 Å². The van der Waals surface area contributed by atoms with Crippen molar-refractivity contribution in [3.05, 3.63) is 62.8 Å². The van der Waals surface area contributed by atoms with E-state index in [2.05, 4.69) is 11.1 Å². The van der Waals surface area contributed by atoms with Gasteiger partial charge in [0.25, 0.3) is 0 Å². The quantitative estimate of drug-likeness (QED) is 0.541. The van der Waals surface area contributed by atoms with Crippen LogP contribution in [0.5, 0.6) is 0 Å². The van der Waals surface area contributed by atoms with Gasteiger partial charge in [-0.15, -0.1) is 0 Å². The second-order valence-corrected chi connectivity index (χ2v) is 8.75. The number of hydrogen-bond donors (Lipinski definition) is 1. The minimum atomic E-state index is -0.843. The number of fused-ring (bicyclic) bond motifs is 1. The van der Waals surface area contributed by atoms with Gasteiger partial charge in [0, 0.05) is 10.9 Å². The summed E-state index contributed by atoms with van der Waals surface area (Å²) >= 11 is 6.55. The molecule has 0 saturated heterocycles. The fourth-order valence-electron chi connectivity index (χ4n) is 3.43. The van der Waals surface area contributed by atoms with Crippen molar-refractivity contribution < 1.29 is 14.3 Å². The van der Waals surface area contributed by atoms with Crippen LogP contribution in [0.2, 0.25) is 5.15 Å². The smallest absolute Gasteiger partial charge is 0.338 e. The van der Waals surface area contributed by atoms with Crippen molar-refractivity contribution in [2.75, 3.05) is 0 Å². The van der Waals surface area contributed by atoms with Crippen LogP contribution in [-0.2, 0) is 14.3 Å². The molecule has 1 aliphatic rings. The zero-order chi connectivity index (χ0) is 22.4. The maximum atomic E-state index is 13.1. The number of nitrogens with two attached hydrogens (primary N) is 1. The number of ether oxygens (including phenoxy) is 2. The highest BCUT2D eigenvalue weighted by molar-refractivity contribution is 6.30. The number of benzene rings is 1. The first-order valence-electron chi connectivity index (χ1n) is 9.52. The van der Waals surface area contributed by atoms with Gasteiger partial charge < -0.3 is 15.2 Å². The summed E-state index contributed by atoms with van der Waals surface area (Å²) in [6, 6.07) is 7.86. The Balaban J connectivity index is 2.26. The number of aryl methyl sites for hydroxylation is 2. The van der Waals surface area contributed by atoms with E-state index in [9.17, 15) is 10.1 Å². The number of halogens is 1. The average Bonchev–Trinajstić information content (AvgIpc) is 2.60. The molecule has 0 radical (unpaired) electrons. The fourth-order valence-corrected chi connectivity index (χ4v) is 3.68. The van der Waals surface area contributed by atoms with Crippen LogP contribution in [0, 0.1) is 25.2 Å². The zero-order valence-corrected chi connectivity index (χ0v) is 18.6. The molecule has 6 nitrogen and oxygen atoms in total. The molecule has 1 atom stereocenters. The third-order valence-electron chi connectivity index (χ3n) is 4.95. The van der Waals surface area contributed by atoms with Crippen molar-refractivity contribution in [3.63, 3.8) is 0 Å². The largest absolute Gasteiger partial charge is 0.456 e. The second-order valence-electron chi connectivity index (χ2n) is 8.39. The molecule has 0 amide bonds. The van der Waals surface area contributed by atoms with Crippen molar-refractivity contribution in [1.29, 1.82) is 5.26 Å². The van der Waals surface area contributed by atoms with E-state index in [1.165, 1.54) is 0 Å². The summed E-state index contributed by atoms with van der Waals surface area (Å²) in [5.74, 6) is -1.24. The third kappa shape index (κ3) is 3.99. The van der Waals surface area contributed by atoms with Crippen molar-refractivity contribution in [3.8, 4) is 6.07 Å². The van der Waals surface area contributed by atoms with Crippen LogP contribution in [0.4, 0.5) is 0 Å². The molecule has 1 aromatic heterocycles. The predicted octanol–water partition coefficient (Wildman–Crippen LogP) is 4.93. The van der Waals surface area contributed by atoms with E-state index in [1.807, 2.05) is 32.0 Å². The van der Waals surface area contributed by atoms with E-state index in [4.69, 9.17) is 26.8 Å². The topological polar surface area (TPSA) is 98.2 Å². The second kappa shape index (κ2) is 7.66. The van der Waals surface area contributed by atoms with Gasteiger partial charge >= 0.3 is 5.97 Å². The highest BCUT2D eigenvalue weighted by Gasteiger charge is 2.39. The van der Waals surface area contributed by atoms with Crippen LogP contribution < -0.4 is 5.73 Å². The molecule has 0 bridgehead atoms. The van der Waals surface area contributed by atoms with E-state index in [0.29, 0.717) is 5.56 Å². The van der Waals surface area contributed by atoms with E-state index >= 15 is 0 Å². The molecular formula is C23H24ClN3O3. The maximum Gasteiger partial charge on any atom is 0.338 e. The zero-order valence-electron chi connectivity index (χ0n) is 17.9. The standard InChI is InChI=1S/C23H24ClN3O3/c1-11-7-14-9-15(20(24)27-17(14)8-12(11)2)19-16(10-25)21(26)29-13(3)18(19)22(28)30-23(4,5)6/h7-9,19H,26H2,1-6H3/t19-/m0/s1. The Hall–Kier alpha value is -3.04. The van der Waals surface area contributed by atoms with Gasteiger partial charge in [0.05, 0.1) is 17.0 Å². The minimum Gasteiger partial charge on any atom is -0.456 e. The molecule has 1 aromatic carbocycles. The van der Waals surface area contributed by atoms with Gasteiger partial charge in [0.1, 0.15) is 28.2 Å². The number of allylic oxidation sites excluding steroid dienone is 2. The minimum absolute atomic E-state index is 0.0661. The molecule has 7 heteroatoms. The molecule has 3 rings (SSSR count). The van der Waals surface area contributed by atoms with E-state index in [0.717, 1.165) is 22.0 Å². The van der Waals surface area contributed by atoms with Crippen molar-refractivity contribution in [2.45, 2.75) is 53.1 Å². The van der Waals surface area contributed by atoms with E-state index < -0.39 is 17.5 Å². The summed E-state index contributed by atoms with van der Waals surface area (Å²) in [6.45, 7) is 10.9. The highest BCUT2D eigenvalue weighted by Crippen LogP contribution is 2.43. The third-order valence-corrected chi connectivity index (χ3v) is 5.25. The summed E-state index contributed by atoms with van der Waals surface area (Å²) in [5.41, 5.74) is 8.95. The lowest BCUT2D eigenvalue weighted by Gasteiger charge is -2.29. The van der Waals surface area contributed by atoms with Crippen LogP contribution in [0.25, 0.3) is 10.9 Å². The van der Waals surface area contributed by atoms with Crippen LogP contribution in [0.3, 0.4) is 0 Å². The lowest BCUT2D eigenvalue weighted by atomic mass is 9.83. The molecule has 1 aliphatic heterocycles. The summed E-state index contributed by atoms with van der Waals surface area (Å²) < 4.78 is 11.1. The number of hydrogen-bond acceptors (Lipinski definition) is 6.